The van der Waals surface area contributed by atoms with Gasteiger partial charge in [0, 0.05) is 12.5 Å². The molecule has 3 N–H and O–H groups in total. The number of halogens is 1. The molecular weight excluding hydrogens is 385 g/mol. The van der Waals surface area contributed by atoms with Crippen LogP contribution in [-0.4, -0.2) is 25.1 Å². The van der Waals surface area contributed by atoms with Crippen LogP contribution in [0.5, 0.6) is 0 Å². The fourth-order valence-electron chi connectivity index (χ4n) is 2.51. The molecule has 2 heterocycles. The van der Waals surface area contributed by atoms with Crippen LogP contribution in [0.15, 0.2) is 39.9 Å². The van der Waals surface area contributed by atoms with Crippen molar-refractivity contribution in [2.75, 3.05) is 11.8 Å². The first-order valence-corrected chi connectivity index (χ1v) is 9.79. The van der Waals surface area contributed by atoms with Crippen LogP contribution in [-0.2, 0) is 21.5 Å². The highest BCUT2D eigenvalue weighted by Crippen LogP contribution is 2.32. The maximum atomic E-state index is 14.3. The molecule has 0 unspecified atom stereocenters. The van der Waals surface area contributed by atoms with Gasteiger partial charge in [0.1, 0.15) is 21.7 Å². The van der Waals surface area contributed by atoms with Gasteiger partial charge in [-0.2, -0.15) is 0 Å². The molecule has 6 nitrogen and oxygen atoms in total. The van der Waals surface area contributed by atoms with Gasteiger partial charge in [0.2, 0.25) is 0 Å². The summed E-state index contributed by atoms with van der Waals surface area (Å²) in [5.74, 6) is -0.513. The van der Waals surface area contributed by atoms with Crippen LogP contribution >= 0.6 is 23.6 Å². The minimum Gasteiger partial charge on any atom is -0.388 e. The third-order valence-corrected chi connectivity index (χ3v) is 6.49. The van der Waals surface area contributed by atoms with Gasteiger partial charge in [0.05, 0.1) is 16.9 Å². The van der Waals surface area contributed by atoms with E-state index in [0.29, 0.717) is 11.2 Å². The average Bonchev–Trinajstić information content (AvgIpc) is 3.19. The molecule has 0 radical (unpaired) electrons. The Bertz CT molecular complexity index is 1040. The van der Waals surface area contributed by atoms with Crippen LogP contribution < -0.4 is 10.5 Å². The lowest BCUT2D eigenvalue weighted by Gasteiger charge is -2.13. The Hall–Kier alpha value is -2.01. The molecule has 0 aliphatic heterocycles. The van der Waals surface area contributed by atoms with Gasteiger partial charge >= 0.3 is 0 Å². The third kappa shape index (κ3) is 3.25. The molecule has 0 aliphatic carbocycles. The van der Waals surface area contributed by atoms with E-state index in [1.165, 1.54) is 35.9 Å². The molecule has 2 aromatic heterocycles. The second-order valence-corrected chi connectivity index (χ2v) is 8.43. The lowest BCUT2D eigenvalue weighted by molar-refractivity contribution is 0.134. The standard InChI is InChI=1S/C15H14FN3O3S3/c1-22-8-19-12(15(17)23)7-9-10(16)4-5-11(14(9)19)18-25(20,21)13-3-2-6-24-13/h2-7,18H,8H2,1H3,(H2,17,23). The van der Waals surface area contributed by atoms with E-state index in [4.69, 9.17) is 22.7 Å². The maximum Gasteiger partial charge on any atom is 0.271 e. The summed E-state index contributed by atoms with van der Waals surface area (Å²) in [6.07, 6.45) is 0. The number of hydrogen-bond acceptors (Lipinski definition) is 5. The molecule has 0 amide bonds. The van der Waals surface area contributed by atoms with Crippen molar-refractivity contribution in [3.05, 3.63) is 47.2 Å². The summed E-state index contributed by atoms with van der Waals surface area (Å²) in [5, 5.41) is 1.86. The first kappa shape index (κ1) is 17.8. The van der Waals surface area contributed by atoms with Gasteiger partial charge in [-0.15, -0.1) is 11.3 Å². The SMILES string of the molecule is COCn1c(C(N)=S)cc2c(F)ccc(NS(=O)(=O)c3cccs3)c21. The van der Waals surface area contributed by atoms with Crippen molar-refractivity contribution in [3.63, 3.8) is 0 Å². The van der Waals surface area contributed by atoms with Crippen LogP contribution in [0.4, 0.5) is 10.1 Å². The van der Waals surface area contributed by atoms with Gasteiger partial charge < -0.3 is 15.0 Å². The Labute approximate surface area is 153 Å². The molecule has 3 rings (SSSR count). The van der Waals surface area contributed by atoms with Gasteiger partial charge in [-0.3, -0.25) is 4.72 Å². The van der Waals surface area contributed by atoms with Crippen molar-refractivity contribution in [1.82, 2.24) is 4.57 Å². The predicted octanol–water partition coefficient (Wildman–Crippen LogP) is 2.88. The molecule has 0 atom stereocenters. The van der Waals surface area contributed by atoms with E-state index in [1.54, 1.807) is 11.4 Å². The second-order valence-electron chi connectivity index (χ2n) is 5.13. The quantitative estimate of drug-likeness (QED) is 0.623. The lowest BCUT2D eigenvalue weighted by Crippen LogP contribution is -2.17. The zero-order valence-electron chi connectivity index (χ0n) is 13.0. The smallest absolute Gasteiger partial charge is 0.271 e. The molecule has 0 aliphatic rings. The van der Waals surface area contributed by atoms with E-state index >= 15 is 0 Å². The van der Waals surface area contributed by atoms with Gasteiger partial charge in [-0.25, -0.2) is 12.8 Å². The summed E-state index contributed by atoms with van der Waals surface area (Å²) in [6, 6.07) is 7.16. The number of thiocarbonyl (C=S) groups is 1. The van der Waals surface area contributed by atoms with E-state index in [-0.39, 0.29) is 27.0 Å². The maximum absolute atomic E-state index is 14.3. The average molecular weight is 399 g/mol. The molecule has 0 saturated carbocycles. The number of aromatic nitrogens is 1. The van der Waals surface area contributed by atoms with E-state index in [1.807, 2.05) is 0 Å². The van der Waals surface area contributed by atoms with Crippen LogP contribution in [0.1, 0.15) is 5.69 Å². The Morgan fingerprint density at radius 3 is 2.80 bits per heavy atom. The summed E-state index contributed by atoms with van der Waals surface area (Å²) in [4.78, 5) is 0.0553. The fraction of sp³-hybridized carbons (Fsp3) is 0.133. The number of anilines is 1. The predicted molar refractivity (Wildman–Crippen MR) is 99.9 cm³/mol. The van der Waals surface area contributed by atoms with E-state index in [0.717, 1.165) is 11.3 Å². The molecule has 0 fully saturated rings. The number of fused-ring (bicyclic) bond motifs is 1. The van der Waals surface area contributed by atoms with Gasteiger partial charge in [0.25, 0.3) is 10.0 Å². The van der Waals surface area contributed by atoms with Gasteiger partial charge in [-0.1, -0.05) is 18.3 Å². The van der Waals surface area contributed by atoms with Gasteiger partial charge in [-0.05, 0) is 29.6 Å². The number of benzene rings is 1. The number of nitrogens with one attached hydrogen (secondary N) is 1. The first-order chi connectivity index (χ1) is 11.8. The summed E-state index contributed by atoms with van der Waals surface area (Å²) in [6.45, 7) is 0.0351. The zero-order chi connectivity index (χ0) is 18.2. The topological polar surface area (TPSA) is 86.3 Å². The van der Waals surface area contributed by atoms with Crippen molar-refractivity contribution >= 4 is 55.2 Å². The minimum absolute atomic E-state index is 0.0351. The van der Waals surface area contributed by atoms with Crippen LogP contribution in [0.25, 0.3) is 10.9 Å². The normalized spacial score (nSPS) is 11.8. The van der Waals surface area contributed by atoms with Crippen molar-refractivity contribution in [2.45, 2.75) is 10.9 Å². The molecule has 0 saturated heterocycles. The van der Waals surface area contributed by atoms with Crippen molar-refractivity contribution in [3.8, 4) is 0 Å². The first-order valence-electron chi connectivity index (χ1n) is 7.02. The molecule has 0 spiro atoms. The number of ether oxygens (including phenoxy) is 1. The van der Waals surface area contributed by atoms with E-state index in [2.05, 4.69) is 4.72 Å². The Kier molecular flexibility index (Phi) is 4.78. The minimum atomic E-state index is -3.79. The third-order valence-electron chi connectivity index (χ3n) is 3.52. The molecule has 1 aromatic carbocycles. The molecule has 0 bridgehead atoms. The van der Waals surface area contributed by atoms with Crippen LogP contribution in [0, 0.1) is 5.82 Å². The zero-order valence-corrected chi connectivity index (χ0v) is 15.5. The number of hydrogen-bond donors (Lipinski definition) is 2. The summed E-state index contributed by atoms with van der Waals surface area (Å²) >= 11 is 6.09. The van der Waals surface area contributed by atoms with Crippen LogP contribution in [0.3, 0.4) is 0 Å². The molecule has 10 heteroatoms. The Morgan fingerprint density at radius 2 is 2.20 bits per heavy atom. The van der Waals surface area contributed by atoms with Crippen molar-refractivity contribution in [2.24, 2.45) is 5.73 Å². The number of sulfonamides is 1. The van der Waals surface area contributed by atoms with E-state index in [9.17, 15) is 12.8 Å². The number of methoxy groups -OCH3 is 1. The Morgan fingerprint density at radius 1 is 1.44 bits per heavy atom. The highest BCUT2D eigenvalue weighted by atomic mass is 32.2. The van der Waals surface area contributed by atoms with Crippen molar-refractivity contribution in [1.29, 1.82) is 0 Å². The molecular formula is C15H14FN3O3S3. The monoisotopic (exact) mass is 399 g/mol. The number of nitrogens with two attached hydrogens (primary N) is 1. The second kappa shape index (κ2) is 6.71. The molecule has 132 valence electrons. The summed E-state index contributed by atoms with van der Waals surface area (Å²) in [7, 11) is -2.33. The fourth-order valence-corrected chi connectivity index (χ4v) is 4.74. The molecule has 25 heavy (non-hydrogen) atoms. The molecule has 3 aromatic rings. The van der Waals surface area contributed by atoms with Crippen molar-refractivity contribution < 1.29 is 17.5 Å². The largest absolute Gasteiger partial charge is 0.388 e. The highest BCUT2D eigenvalue weighted by Gasteiger charge is 2.21. The lowest BCUT2D eigenvalue weighted by atomic mass is 10.2. The number of nitrogens with zero attached hydrogens (tertiary/aromatic N) is 1. The Balaban J connectivity index is 2.22. The highest BCUT2D eigenvalue weighted by molar-refractivity contribution is 7.94. The summed E-state index contributed by atoms with van der Waals surface area (Å²) < 4.78 is 48.6. The van der Waals surface area contributed by atoms with E-state index < -0.39 is 15.8 Å². The summed E-state index contributed by atoms with van der Waals surface area (Å²) in [5.41, 5.74) is 6.61. The number of rotatable bonds is 6. The van der Waals surface area contributed by atoms with Crippen LogP contribution in [0.2, 0.25) is 0 Å². The van der Waals surface area contributed by atoms with Gasteiger partial charge in [0.15, 0.2) is 0 Å². The number of thiophene rings is 1.